The minimum absolute atomic E-state index is 0.0245. The highest BCUT2D eigenvalue weighted by Gasteiger charge is 2.31. The first-order chi connectivity index (χ1) is 14.2. The Kier molecular flexibility index (Phi) is 4.39. The van der Waals surface area contributed by atoms with E-state index in [1.165, 1.54) is 0 Å². The molecular weight excluding hydrogens is 362 g/mol. The van der Waals surface area contributed by atoms with Crippen molar-refractivity contribution in [2.45, 2.75) is 32.2 Å². The lowest BCUT2D eigenvalue weighted by Crippen LogP contribution is -2.32. The molecule has 29 heavy (non-hydrogen) atoms. The summed E-state index contributed by atoms with van der Waals surface area (Å²) in [6.45, 7) is 2.74. The number of para-hydroxylation sites is 1. The molecular formula is C23H23N5O. The van der Waals surface area contributed by atoms with Gasteiger partial charge in [0.2, 0.25) is 5.91 Å². The molecule has 0 radical (unpaired) electrons. The van der Waals surface area contributed by atoms with E-state index in [-0.39, 0.29) is 11.9 Å². The number of aromatic amines is 1. The number of nitrogens with one attached hydrogen (secondary N) is 1. The number of aromatic nitrogens is 4. The van der Waals surface area contributed by atoms with Gasteiger partial charge < -0.3 is 9.88 Å². The van der Waals surface area contributed by atoms with Gasteiger partial charge in [0.05, 0.1) is 18.2 Å². The Morgan fingerprint density at radius 3 is 2.97 bits per heavy atom. The van der Waals surface area contributed by atoms with Gasteiger partial charge in [0, 0.05) is 36.0 Å². The lowest BCUT2D eigenvalue weighted by atomic mass is 10.1. The summed E-state index contributed by atoms with van der Waals surface area (Å²) in [6, 6.07) is 14.2. The van der Waals surface area contributed by atoms with Crippen molar-refractivity contribution >= 4 is 16.8 Å². The molecule has 1 unspecified atom stereocenters. The van der Waals surface area contributed by atoms with Gasteiger partial charge in [-0.3, -0.25) is 9.36 Å². The van der Waals surface area contributed by atoms with Crippen molar-refractivity contribution in [3.63, 3.8) is 0 Å². The Balaban J connectivity index is 1.40. The molecule has 1 aromatic carbocycles. The fraction of sp³-hybridized carbons (Fsp3) is 0.261. The van der Waals surface area contributed by atoms with Crippen molar-refractivity contribution in [3.8, 4) is 5.82 Å². The standard InChI is InChI=1S/C23H23N5O/c1-16-24-11-13-27(16)22-10-4-8-20(26-22)21-9-5-12-28(21)23(29)14-17-15-25-19-7-3-2-6-18(17)19/h2-4,6-8,10-11,13,15,21,25H,5,9,12,14H2,1H3. The van der Waals surface area contributed by atoms with Gasteiger partial charge in [-0.15, -0.1) is 0 Å². The molecule has 1 saturated heterocycles. The van der Waals surface area contributed by atoms with Gasteiger partial charge in [-0.05, 0) is 43.5 Å². The van der Waals surface area contributed by atoms with Gasteiger partial charge in [-0.1, -0.05) is 24.3 Å². The van der Waals surface area contributed by atoms with Crippen molar-refractivity contribution in [3.05, 3.63) is 78.1 Å². The maximum atomic E-state index is 13.2. The van der Waals surface area contributed by atoms with Crippen LogP contribution in [0.5, 0.6) is 0 Å². The first-order valence-electron chi connectivity index (χ1n) is 10.0. The zero-order chi connectivity index (χ0) is 19.8. The molecule has 4 aromatic rings. The second-order valence-corrected chi connectivity index (χ2v) is 7.55. The lowest BCUT2D eigenvalue weighted by Gasteiger charge is -2.25. The molecule has 5 rings (SSSR count). The van der Waals surface area contributed by atoms with Crippen LogP contribution in [0, 0.1) is 6.92 Å². The van der Waals surface area contributed by atoms with E-state index in [1.54, 1.807) is 6.20 Å². The molecule has 146 valence electrons. The molecule has 1 aliphatic heterocycles. The molecule has 1 fully saturated rings. The number of pyridine rings is 1. The fourth-order valence-corrected chi connectivity index (χ4v) is 4.29. The van der Waals surface area contributed by atoms with E-state index in [1.807, 2.05) is 65.2 Å². The Morgan fingerprint density at radius 1 is 1.21 bits per heavy atom. The number of nitrogens with zero attached hydrogens (tertiary/aromatic N) is 4. The highest BCUT2D eigenvalue weighted by atomic mass is 16.2. The summed E-state index contributed by atoms with van der Waals surface area (Å²) < 4.78 is 1.97. The van der Waals surface area contributed by atoms with E-state index in [2.05, 4.69) is 16.0 Å². The zero-order valence-electron chi connectivity index (χ0n) is 16.4. The van der Waals surface area contributed by atoms with Crippen LogP contribution in [0.15, 0.2) is 61.1 Å². The Morgan fingerprint density at radius 2 is 2.10 bits per heavy atom. The van der Waals surface area contributed by atoms with Gasteiger partial charge in [-0.25, -0.2) is 9.97 Å². The van der Waals surface area contributed by atoms with Crippen LogP contribution in [0.25, 0.3) is 16.7 Å². The first kappa shape index (κ1) is 17.7. The summed E-state index contributed by atoms with van der Waals surface area (Å²) in [5.41, 5.74) is 3.06. The lowest BCUT2D eigenvalue weighted by molar-refractivity contribution is -0.131. The topological polar surface area (TPSA) is 66.8 Å². The monoisotopic (exact) mass is 385 g/mol. The highest BCUT2D eigenvalue weighted by Crippen LogP contribution is 2.32. The number of H-pyrrole nitrogens is 1. The van der Waals surface area contributed by atoms with Crippen molar-refractivity contribution in [1.82, 2.24) is 24.4 Å². The van der Waals surface area contributed by atoms with Crippen LogP contribution in [-0.4, -0.2) is 36.9 Å². The number of benzene rings is 1. The number of hydrogen-bond donors (Lipinski definition) is 1. The van der Waals surface area contributed by atoms with Gasteiger partial charge in [0.1, 0.15) is 11.6 Å². The molecule has 1 aliphatic rings. The van der Waals surface area contributed by atoms with E-state index in [0.717, 1.165) is 53.2 Å². The average Bonchev–Trinajstić information content (AvgIpc) is 3.48. The SMILES string of the molecule is Cc1nccn1-c1cccc(C2CCCN2C(=O)Cc2c[nH]c3ccccc23)n1. The first-order valence-corrected chi connectivity index (χ1v) is 10.0. The molecule has 1 amide bonds. The number of imidazole rings is 1. The van der Waals surface area contributed by atoms with E-state index in [9.17, 15) is 4.79 Å². The molecule has 1 N–H and O–H groups in total. The molecule has 0 saturated carbocycles. The van der Waals surface area contributed by atoms with Crippen molar-refractivity contribution in [1.29, 1.82) is 0 Å². The molecule has 0 spiro atoms. The Labute approximate surface area is 169 Å². The van der Waals surface area contributed by atoms with Crippen LogP contribution in [0.1, 0.15) is 36.0 Å². The third kappa shape index (κ3) is 3.20. The van der Waals surface area contributed by atoms with Gasteiger partial charge >= 0.3 is 0 Å². The summed E-state index contributed by atoms with van der Waals surface area (Å²) in [4.78, 5) is 27.6. The molecule has 1 atom stereocenters. The van der Waals surface area contributed by atoms with Crippen molar-refractivity contribution in [2.24, 2.45) is 0 Å². The summed E-state index contributed by atoms with van der Waals surface area (Å²) in [5, 5.41) is 1.12. The molecule has 0 aliphatic carbocycles. The molecule has 4 heterocycles. The van der Waals surface area contributed by atoms with E-state index in [0.29, 0.717) is 6.42 Å². The van der Waals surface area contributed by atoms with Crippen LogP contribution in [0.4, 0.5) is 0 Å². The van der Waals surface area contributed by atoms with Gasteiger partial charge in [0.25, 0.3) is 0 Å². The highest BCUT2D eigenvalue weighted by molar-refractivity contribution is 5.89. The second-order valence-electron chi connectivity index (χ2n) is 7.55. The molecule has 3 aromatic heterocycles. The number of carbonyl (C=O) groups is 1. The number of likely N-dealkylation sites (tertiary alicyclic amines) is 1. The number of amides is 1. The van der Waals surface area contributed by atoms with Gasteiger partial charge in [0.15, 0.2) is 0 Å². The predicted molar refractivity (Wildman–Crippen MR) is 112 cm³/mol. The van der Waals surface area contributed by atoms with E-state index < -0.39 is 0 Å². The third-order valence-corrected chi connectivity index (χ3v) is 5.76. The average molecular weight is 385 g/mol. The van der Waals surface area contributed by atoms with Gasteiger partial charge in [-0.2, -0.15) is 0 Å². The summed E-state index contributed by atoms with van der Waals surface area (Å²) >= 11 is 0. The maximum absolute atomic E-state index is 13.2. The van der Waals surface area contributed by atoms with Crippen LogP contribution < -0.4 is 0 Å². The third-order valence-electron chi connectivity index (χ3n) is 5.76. The number of fused-ring (bicyclic) bond motifs is 1. The summed E-state index contributed by atoms with van der Waals surface area (Å²) in [7, 11) is 0. The number of carbonyl (C=O) groups excluding carboxylic acids is 1. The van der Waals surface area contributed by atoms with Crippen LogP contribution in [-0.2, 0) is 11.2 Å². The largest absolute Gasteiger partial charge is 0.361 e. The Hall–Kier alpha value is -3.41. The smallest absolute Gasteiger partial charge is 0.227 e. The van der Waals surface area contributed by atoms with Crippen LogP contribution >= 0.6 is 0 Å². The zero-order valence-corrected chi connectivity index (χ0v) is 16.4. The minimum Gasteiger partial charge on any atom is -0.361 e. The fourth-order valence-electron chi connectivity index (χ4n) is 4.29. The number of hydrogen-bond acceptors (Lipinski definition) is 3. The van der Waals surface area contributed by atoms with E-state index in [4.69, 9.17) is 4.98 Å². The quantitative estimate of drug-likeness (QED) is 0.578. The van der Waals surface area contributed by atoms with E-state index >= 15 is 0 Å². The molecule has 0 bridgehead atoms. The maximum Gasteiger partial charge on any atom is 0.227 e. The number of rotatable bonds is 4. The summed E-state index contributed by atoms with van der Waals surface area (Å²) in [5.74, 6) is 1.89. The predicted octanol–water partition coefficient (Wildman–Crippen LogP) is 3.96. The van der Waals surface area contributed by atoms with Crippen LogP contribution in [0.2, 0.25) is 0 Å². The molecule has 6 heteroatoms. The summed E-state index contributed by atoms with van der Waals surface area (Å²) in [6.07, 6.45) is 7.99. The second kappa shape index (κ2) is 7.20. The van der Waals surface area contributed by atoms with Crippen LogP contribution in [0.3, 0.4) is 0 Å². The normalized spacial score (nSPS) is 16.6. The van der Waals surface area contributed by atoms with Crippen molar-refractivity contribution in [2.75, 3.05) is 6.54 Å². The van der Waals surface area contributed by atoms with Crippen molar-refractivity contribution < 1.29 is 4.79 Å². The number of aryl methyl sites for hydroxylation is 1. The Bertz CT molecular complexity index is 1170. The molecule has 6 nitrogen and oxygen atoms in total. The minimum atomic E-state index is 0.0245.